The van der Waals surface area contributed by atoms with E-state index >= 15 is 0 Å². The van der Waals surface area contributed by atoms with E-state index in [9.17, 15) is 9.59 Å². The van der Waals surface area contributed by atoms with Crippen molar-refractivity contribution in [1.29, 1.82) is 0 Å². The molecule has 3 rings (SSSR count). The number of benzene rings is 1. The molecule has 1 aromatic carbocycles. The second-order valence-corrected chi connectivity index (χ2v) is 10.8. The summed E-state index contributed by atoms with van der Waals surface area (Å²) in [4.78, 5) is 26.6. The maximum Gasteiger partial charge on any atom is 0.341 e. The van der Waals surface area contributed by atoms with Crippen LogP contribution in [0.2, 0.25) is 0 Å². The van der Waals surface area contributed by atoms with Gasteiger partial charge in [-0.1, -0.05) is 52.0 Å². The standard InChI is InChI=1S/C26H33NO3S/c1-16(2)30-25(29)23-20-13-7-17(3)15-21(20)31-24(23)27-22(28)14-10-18-8-11-19(12-9-18)26(4,5)6/h8-12,14,16-17H,7,13,15H2,1-6H3,(H,27,28)/b14-10+/t17-/m0/s1. The molecular formula is C26H33NO3S. The van der Waals surface area contributed by atoms with E-state index in [0.717, 1.165) is 30.4 Å². The van der Waals surface area contributed by atoms with Crippen molar-refractivity contribution in [2.45, 2.75) is 72.3 Å². The van der Waals surface area contributed by atoms with Gasteiger partial charge in [-0.2, -0.15) is 0 Å². The summed E-state index contributed by atoms with van der Waals surface area (Å²) < 4.78 is 5.48. The summed E-state index contributed by atoms with van der Waals surface area (Å²) in [6.07, 6.45) is 5.94. The van der Waals surface area contributed by atoms with Crippen LogP contribution in [0.4, 0.5) is 5.00 Å². The van der Waals surface area contributed by atoms with Crippen LogP contribution in [0.5, 0.6) is 0 Å². The zero-order valence-electron chi connectivity index (χ0n) is 19.4. The van der Waals surface area contributed by atoms with Gasteiger partial charge in [0.2, 0.25) is 5.91 Å². The van der Waals surface area contributed by atoms with Crippen LogP contribution in [0.15, 0.2) is 30.3 Å². The van der Waals surface area contributed by atoms with Gasteiger partial charge < -0.3 is 10.1 Å². The average molecular weight is 440 g/mol. The highest BCUT2D eigenvalue weighted by atomic mass is 32.1. The Labute approximate surface area is 189 Å². The molecule has 1 aliphatic rings. The Balaban J connectivity index is 1.79. The Bertz CT molecular complexity index is 977. The minimum Gasteiger partial charge on any atom is -0.459 e. The largest absolute Gasteiger partial charge is 0.459 e. The molecule has 0 spiro atoms. The molecular weight excluding hydrogens is 406 g/mol. The molecule has 0 fully saturated rings. The predicted octanol–water partition coefficient (Wildman–Crippen LogP) is 6.39. The molecule has 5 heteroatoms. The lowest BCUT2D eigenvalue weighted by molar-refractivity contribution is -0.111. The Hall–Kier alpha value is -2.40. The van der Waals surface area contributed by atoms with Crippen molar-refractivity contribution in [3.63, 3.8) is 0 Å². The second kappa shape index (κ2) is 9.39. The number of hydrogen-bond donors (Lipinski definition) is 1. The van der Waals surface area contributed by atoms with E-state index in [1.165, 1.54) is 27.9 Å². The van der Waals surface area contributed by atoms with Gasteiger partial charge in [-0.15, -0.1) is 11.3 Å². The molecule has 166 valence electrons. The van der Waals surface area contributed by atoms with Crippen LogP contribution in [0, 0.1) is 5.92 Å². The van der Waals surface area contributed by atoms with Crippen LogP contribution in [0.3, 0.4) is 0 Å². The normalized spacial score (nSPS) is 16.4. The molecule has 0 aliphatic heterocycles. The molecule has 1 aromatic heterocycles. The number of fused-ring (bicyclic) bond motifs is 1. The van der Waals surface area contributed by atoms with Crippen molar-refractivity contribution in [2.24, 2.45) is 5.92 Å². The molecule has 1 amide bonds. The summed E-state index contributed by atoms with van der Waals surface area (Å²) in [5.74, 6) is -0.0103. The van der Waals surface area contributed by atoms with Crippen molar-refractivity contribution < 1.29 is 14.3 Å². The molecule has 0 saturated carbocycles. The molecule has 0 radical (unpaired) electrons. The SMILES string of the molecule is CC(C)OC(=O)c1c(NC(=O)/C=C/c2ccc(C(C)(C)C)cc2)sc2c1CC[C@H](C)C2. The topological polar surface area (TPSA) is 55.4 Å². The molecule has 31 heavy (non-hydrogen) atoms. The minimum atomic E-state index is -0.348. The van der Waals surface area contributed by atoms with Gasteiger partial charge in [0.25, 0.3) is 0 Å². The van der Waals surface area contributed by atoms with Gasteiger partial charge in [0.15, 0.2) is 0 Å². The van der Waals surface area contributed by atoms with Gasteiger partial charge in [0, 0.05) is 11.0 Å². The zero-order chi connectivity index (χ0) is 22.8. The first-order chi connectivity index (χ1) is 14.5. The summed E-state index contributed by atoms with van der Waals surface area (Å²) in [5, 5.41) is 3.53. The van der Waals surface area contributed by atoms with Gasteiger partial charge >= 0.3 is 5.97 Å². The first-order valence-electron chi connectivity index (χ1n) is 11.0. The van der Waals surface area contributed by atoms with E-state index < -0.39 is 0 Å². The number of esters is 1. The molecule has 4 nitrogen and oxygen atoms in total. The highest BCUT2D eigenvalue weighted by Crippen LogP contribution is 2.40. The van der Waals surface area contributed by atoms with Gasteiger partial charge in [-0.3, -0.25) is 4.79 Å². The molecule has 1 aliphatic carbocycles. The van der Waals surface area contributed by atoms with Crippen LogP contribution in [-0.2, 0) is 27.8 Å². The Morgan fingerprint density at radius 1 is 1.19 bits per heavy atom. The van der Waals surface area contributed by atoms with Crippen molar-refractivity contribution in [2.75, 3.05) is 5.32 Å². The third kappa shape index (κ3) is 5.85. The van der Waals surface area contributed by atoms with E-state index in [1.54, 1.807) is 6.08 Å². The molecule has 1 atom stereocenters. The Kier molecular flexibility index (Phi) is 7.05. The monoisotopic (exact) mass is 439 g/mol. The highest BCUT2D eigenvalue weighted by molar-refractivity contribution is 7.17. The van der Waals surface area contributed by atoms with E-state index in [1.807, 2.05) is 26.0 Å². The van der Waals surface area contributed by atoms with Crippen LogP contribution in [0.1, 0.15) is 79.9 Å². The number of hydrogen-bond acceptors (Lipinski definition) is 4. The second-order valence-electron chi connectivity index (χ2n) is 9.70. The minimum absolute atomic E-state index is 0.0936. The number of anilines is 1. The maximum atomic E-state index is 12.8. The van der Waals surface area contributed by atoms with Crippen LogP contribution in [0.25, 0.3) is 6.08 Å². The highest BCUT2D eigenvalue weighted by Gasteiger charge is 2.29. The third-order valence-electron chi connectivity index (χ3n) is 5.50. The van der Waals surface area contributed by atoms with E-state index in [2.05, 4.69) is 45.1 Å². The quantitative estimate of drug-likeness (QED) is 0.434. The lowest BCUT2D eigenvalue weighted by atomic mass is 9.87. The first kappa shape index (κ1) is 23.3. The number of thiophene rings is 1. The van der Waals surface area contributed by atoms with Crippen LogP contribution >= 0.6 is 11.3 Å². The Morgan fingerprint density at radius 3 is 2.48 bits per heavy atom. The summed E-state index contributed by atoms with van der Waals surface area (Å²) >= 11 is 1.51. The smallest absolute Gasteiger partial charge is 0.341 e. The number of carbonyl (C=O) groups excluding carboxylic acids is 2. The van der Waals surface area contributed by atoms with Gasteiger partial charge in [0.1, 0.15) is 5.00 Å². The molecule has 1 heterocycles. The molecule has 0 saturated heterocycles. The first-order valence-corrected chi connectivity index (χ1v) is 11.8. The number of amides is 1. The molecule has 0 unspecified atom stereocenters. The van der Waals surface area contributed by atoms with Crippen molar-refractivity contribution in [3.8, 4) is 0 Å². The van der Waals surface area contributed by atoms with Crippen molar-refractivity contribution in [3.05, 3.63) is 57.5 Å². The number of nitrogens with one attached hydrogen (secondary N) is 1. The van der Waals surface area contributed by atoms with Gasteiger partial charge in [-0.05, 0) is 67.2 Å². The maximum absolute atomic E-state index is 12.8. The van der Waals surface area contributed by atoms with Crippen LogP contribution in [-0.4, -0.2) is 18.0 Å². The van der Waals surface area contributed by atoms with E-state index in [0.29, 0.717) is 16.5 Å². The summed E-state index contributed by atoms with van der Waals surface area (Å²) in [6.45, 7) is 12.4. The van der Waals surface area contributed by atoms with Crippen LogP contribution < -0.4 is 5.32 Å². The number of rotatable bonds is 5. The number of ether oxygens (including phenoxy) is 1. The van der Waals surface area contributed by atoms with E-state index in [4.69, 9.17) is 4.74 Å². The molecule has 1 N–H and O–H groups in total. The number of carbonyl (C=O) groups is 2. The third-order valence-corrected chi connectivity index (χ3v) is 6.67. The van der Waals surface area contributed by atoms with Crippen molar-refractivity contribution >= 4 is 34.3 Å². The van der Waals surface area contributed by atoms with Gasteiger partial charge in [-0.25, -0.2) is 4.79 Å². The fraction of sp³-hybridized carbons (Fsp3) is 0.462. The summed E-state index contributed by atoms with van der Waals surface area (Å²) in [5.41, 5.74) is 3.89. The lowest BCUT2D eigenvalue weighted by Gasteiger charge is -2.18. The fourth-order valence-electron chi connectivity index (χ4n) is 3.75. The fourth-order valence-corrected chi connectivity index (χ4v) is 5.15. The lowest BCUT2D eigenvalue weighted by Crippen LogP contribution is -2.18. The summed E-state index contributed by atoms with van der Waals surface area (Å²) in [6, 6.07) is 8.21. The Morgan fingerprint density at radius 2 is 1.87 bits per heavy atom. The summed E-state index contributed by atoms with van der Waals surface area (Å²) in [7, 11) is 0. The average Bonchev–Trinajstić information content (AvgIpc) is 3.02. The zero-order valence-corrected chi connectivity index (χ0v) is 20.2. The molecule has 0 bridgehead atoms. The molecule has 2 aromatic rings. The van der Waals surface area contributed by atoms with E-state index in [-0.39, 0.29) is 23.4 Å². The van der Waals surface area contributed by atoms with Gasteiger partial charge in [0.05, 0.1) is 11.7 Å². The van der Waals surface area contributed by atoms with Crippen molar-refractivity contribution in [1.82, 2.24) is 0 Å². The predicted molar refractivity (Wildman–Crippen MR) is 129 cm³/mol.